The summed E-state index contributed by atoms with van der Waals surface area (Å²) in [7, 11) is 0. The largest absolute Gasteiger partial charge is 0.454 e. The molecule has 0 N–H and O–H groups in total. The number of fused-ring (bicyclic) bond motifs is 1. The van der Waals surface area contributed by atoms with Crippen LogP contribution in [0.5, 0.6) is 0 Å². The van der Waals surface area contributed by atoms with Crippen LogP contribution in [-0.2, 0) is 11.2 Å². The maximum Gasteiger partial charge on any atom is 0.203 e. The minimum atomic E-state index is 0.0301. The average molecular weight is 284 g/mol. The normalized spacial score (nSPS) is 20.4. The molecule has 16 heavy (non-hydrogen) atoms. The fourth-order valence-electron chi connectivity index (χ4n) is 1.97. The second-order valence-corrected chi connectivity index (χ2v) is 4.46. The number of halogens is 1. The van der Waals surface area contributed by atoms with E-state index in [1.54, 1.807) is 12.5 Å². The third-order valence-electron chi connectivity index (χ3n) is 2.69. The third-order valence-corrected chi connectivity index (χ3v) is 3.09. The summed E-state index contributed by atoms with van der Waals surface area (Å²) in [6.45, 7) is 1.25. The lowest BCUT2D eigenvalue weighted by atomic mass is 10.0. The average Bonchev–Trinajstić information content (AvgIpc) is 2.86. The van der Waals surface area contributed by atoms with Crippen molar-refractivity contribution >= 4 is 15.9 Å². The van der Waals surface area contributed by atoms with Gasteiger partial charge in [-0.05, 0) is 22.0 Å². The number of rotatable bonds is 1. The van der Waals surface area contributed by atoms with Crippen molar-refractivity contribution in [1.29, 1.82) is 0 Å². The molecule has 4 nitrogen and oxygen atoms in total. The fourth-order valence-corrected chi connectivity index (χ4v) is 2.41. The van der Waals surface area contributed by atoms with E-state index >= 15 is 0 Å². The van der Waals surface area contributed by atoms with Crippen LogP contribution in [0.1, 0.15) is 23.1 Å². The van der Waals surface area contributed by atoms with Gasteiger partial charge in [-0.15, -0.1) is 0 Å². The zero-order valence-corrected chi connectivity index (χ0v) is 10.1. The van der Waals surface area contributed by atoms with Crippen LogP contribution in [0.15, 0.2) is 32.0 Å². The standard InChI is InChI=1S/C11H10BrNO3/c12-10-5-7-8(11-13-2-4-15-11)6-14-3-1-9(7)16-10/h2,4-5,8H,1,3,6H2. The molecule has 0 aromatic carbocycles. The Kier molecular flexibility index (Phi) is 2.57. The highest BCUT2D eigenvalue weighted by Gasteiger charge is 2.27. The predicted octanol–water partition coefficient (Wildman–Crippen LogP) is 2.73. The summed E-state index contributed by atoms with van der Waals surface area (Å²) in [4.78, 5) is 4.19. The molecule has 3 rings (SSSR count). The highest BCUT2D eigenvalue weighted by molar-refractivity contribution is 9.10. The van der Waals surface area contributed by atoms with Gasteiger partial charge in [-0.3, -0.25) is 0 Å². The Hall–Kier alpha value is -1.07. The zero-order chi connectivity index (χ0) is 11.0. The van der Waals surface area contributed by atoms with E-state index in [-0.39, 0.29) is 5.92 Å². The van der Waals surface area contributed by atoms with E-state index in [0.717, 1.165) is 22.4 Å². The van der Waals surface area contributed by atoms with E-state index in [1.165, 1.54) is 0 Å². The topological polar surface area (TPSA) is 48.4 Å². The van der Waals surface area contributed by atoms with Crippen molar-refractivity contribution in [3.8, 4) is 0 Å². The number of oxazole rings is 1. The summed E-state index contributed by atoms with van der Waals surface area (Å²) in [5.74, 6) is 1.66. The van der Waals surface area contributed by atoms with Crippen molar-refractivity contribution in [1.82, 2.24) is 4.98 Å². The molecule has 3 heterocycles. The predicted molar refractivity (Wildman–Crippen MR) is 59.3 cm³/mol. The number of nitrogens with zero attached hydrogens (tertiary/aromatic N) is 1. The Balaban J connectivity index is 2.05. The van der Waals surface area contributed by atoms with E-state index in [4.69, 9.17) is 13.6 Å². The van der Waals surface area contributed by atoms with Crippen LogP contribution in [0.2, 0.25) is 0 Å². The van der Waals surface area contributed by atoms with Crippen LogP contribution in [0.3, 0.4) is 0 Å². The molecule has 84 valence electrons. The van der Waals surface area contributed by atoms with E-state index < -0.39 is 0 Å². The lowest BCUT2D eigenvalue weighted by Crippen LogP contribution is -2.07. The first-order chi connectivity index (χ1) is 7.84. The summed E-state index contributed by atoms with van der Waals surface area (Å²) < 4.78 is 17.2. The van der Waals surface area contributed by atoms with Gasteiger partial charge >= 0.3 is 0 Å². The van der Waals surface area contributed by atoms with Crippen molar-refractivity contribution in [2.24, 2.45) is 0 Å². The molecule has 1 aliphatic rings. The van der Waals surface area contributed by atoms with Crippen LogP contribution in [0.4, 0.5) is 0 Å². The van der Waals surface area contributed by atoms with Gasteiger partial charge in [0.05, 0.1) is 25.3 Å². The van der Waals surface area contributed by atoms with Crippen LogP contribution in [0.25, 0.3) is 0 Å². The Labute approximate surface area is 101 Å². The summed E-state index contributed by atoms with van der Waals surface area (Å²) in [5, 5.41) is 0. The minimum absolute atomic E-state index is 0.0301. The summed E-state index contributed by atoms with van der Waals surface area (Å²) in [5.41, 5.74) is 1.10. The van der Waals surface area contributed by atoms with Gasteiger partial charge in [0.15, 0.2) is 4.67 Å². The molecule has 5 heteroatoms. The summed E-state index contributed by atoms with van der Waals surface area (Å²) in [6, 6.07) is 1.97. The van der Waals surface area contributed by atoms with E-state index in [9.17, 15) is 0 Å². The molecule has 0 amide bonds. The monoisotopic (exact) mass is 283 g/mol. The summed E-state index contributed by atoms with van der Waals surface area (Å²) in [6.07, 6.45) is 4.02. The van der Waals surface area contributed by atoms with E-state index in [2.05, 4.69) is 20.9 Å². The Morgan fingerprint density at radius 1 is 1.44 bits per heavy atom. The Morgan fingerprint density at radius 2 is 2.38 bits per heavy atom. The van der Waals surface area contributed by atoms with Gasteiger partial charge in [0.25, 0.3) is 0 Å². The molecule has 0 bridgehead atoms. The smallest absolute Gasteiger partial charge is 0.203 e. The first-order valence-electron chi connectivity index (χ1n) is 5.10. The first-order valence-corrected chi connectivity index (χ1v) is 5.89. The Morgan fingerprint density at radius 3 is 3.19 bits per heavy atom. The highest BCUT2D eigenvalue weighted by atomic mass is 79.9. The number of furan rings is 1. The second-order valence-electron chi connectivity index (χ2n) is 3.68. The van der Waals surface area contributed by atoms with Gasteiger partial charge in [-0.1, -0.05) is 0 Å². The van der Waals surface area contributed by atoms with Crippen molar-refractivity contribution in [3.05, 3.63) is 40.4 Å². The number of hydrogen-bond acceptors (Lipinski definition) is 4. The SMILES string of the molecule is Brc1cc2c(o1)CCOCC2c1ncco1. The van der Waals surface area contributed by atoms with E-state index in [0.29, 0.717) is 19.1 Å². The van der Waals surface area contributed by atoms with Crippen LogP contribution in [0, 0.1) is 0 Å². The second kappa shape index (κ2) is 4.07. The summed E-state index contributed by atoms with van der Waals surface area (Å²) >= 11 is 3.35. The molecular weight excluding hydrogens is 274 g/mol. The molecular formula is C11H10BrNO3. The molecule has 0 spiro atoms. The highest BCUT2D eigenvalue weighted by Crippen LogP contribution is 2.33. The van der Waals surface area contributed by atoms with Crippen molar-refractivity contribution in [2.45, 2.75) is 12.3 Å². The van der Waals surface area contributed by atoms with Gasteiger partial charge in [0, 0.05) is 12.0 Å². The zero-order valence-electron chi connectivity index (χ0n) is 8.48. The molecule has 0 saturated heterocycles. The molecule has 0 aliphatic carbocycles. The molecule has 1 unspecified atom stereocenters. The van der Waals surface area contributed by atoms with E-state index in [1.807, 2.05) is 6.07 Å². The van der Waals surface area contributed by atoms with Crippen LogP contribution in [-0.4, -0.2) is 18.2 Å². The number of aromatic nitrogens is 1. The Bertz CT molecular complexity index is 477. The van der Waals surface area contributed by atoms with Gasteiger partial charge in [0.2, 0.25) is 5.89 Å². The number of ether oxygens (including phenoxy) is 1. The first kappa shape index (κ1) is 10.1. The molecule has 0 radical (unpaired) electrons. The van der Waals surface area contributed by atoms with Gasteiger partial charge in [0.1, 0.15) is 12.0 Å². The lowest BCUT2D eigenvalue weighted by Gasteiger charge is -2.09. The molecule has 0 saturated carbocycles. The molecule has 1 aliphatic heterocycles. The maximum absolute atomic E-state index is 5.58. The maximum atomic E-state index is 5.58. The van der Waals surface area contributed by atoms with Crippen molar-refractivity contribution in [2.75, 3.05) is 13.2 Å². The van der Waals surface area contributed by atoms with Crippen LogP contribution < -0.4 is 0 Å². The fraction of sp³-hybridized carbons (Fsp3) is 0.364. The van der Waals surface area contributed by atoms with Gasteiger partial charge < -0.3 is 13.6 Å². The molecule has 2 aromatic rings. The molecule has 0 fully saturated rings. The molecule has 1 atom stereocenters. The van der Waals surface area contributed by atoms with Crippen LogP contribution >= 0.6 is 15.9 Å². The molecule has 2 aromatic heterocycles. The van der Waals surface area contributed by atoms with Gasteiger partial charge in [-0.2, -0.15) is 0 Å². The quantitative estimate of drug-likeness (QED) is 0.808. The van der Waals surface area contributed by atoms with Gasteiger partial charge in [-0.25, -0.2) is 4.98 Å². The lowest BCUT2D eigenvalue weighted by molar-refractivity contribution is 0.129. The van der Waals surface area contributed by atoms with Crippen molar-refractivity contribution < 1.29 is 13.6 Å². The number of hydrogen-bond donors (Lipinski definition) is 0. The third kappa shape index (κ3) is 1.70. The minimum Gasteiger partial charge on any atom is -0.454 e. The van der Waals surface area contributed by atoms with Crippen molar-refractivity contribution in [3.63, 3.8) is 0 Å².